The van der Waals surface area contributed by atoms with Crippen LogP contribution in [0, 0.1) is 11.6 Å². The van der Waals surface area contributed by atoms with Gasteiger partial charge in [-0.2, -0.15) is 5.10 Å². The molecule has 0 aliphatic carbocycles. The average molecular weight is 306 g/mol. The molecule has 6 heteroatoms. The maximum absolute atomic E-state index is 13.5. The third kappa shape index (κ3) is 3.52. The highest BCUT2D eigenvalue weighted by molar-refractivity contribution is 5.99. The van der Waals surface area contributed by atoms with Crippen molar-refractivity contribution in [3.05, 3.63) is 53.6 Å². The number of hydrazone groups is 1. The van der Waals surface area contributed by atoms with E-state index in [1.54, 1.807) is 33.3 Å². The molecule has 0 heterocycles. The van der Waals surface area contributed by atoms with Gasteiger partial charge in [0, 0.05) is 11.6 Å². The summed E-state index contributed by atoms with van der Waals surface area (Å²) in [7, 11) is 3.09. The molecule has 0 aliphatic rings. The van der Waals surface area contributed by atoms with Crippen LogP contribution in [-0.4, -0.2) is 19.9 Å². The minimum atomic E-state index is -0.705. The topological polar surface area (TPSA) is 42.8 Å². The summed E-state index contributed by atoms with van der Waals surface area (Å²) < 4.78 is 36.7. The second kappa shape index (κ2) is 6.89. The Labute approximate surface area is 127 Å². The van der Waals surface area contributed by atoms with Crippen LogP contribution in [0.2, 0.25) is 0 Å². The van der Waals surface area contributed by atoms with Gasteiger partial charge in [-0.25, -0.2) is 8.78 Å². The van der Waals surface area contributed by atoms with Crippen molar-refractivity contribution >= 4 is 11.4 Å². The molecule has 2 aromatic carbocycles. The molecule has 0 radical (unpaired) electrons. The van der Waals surface area contributed by atoms with Crippen molar-refractivity contribution in [1.29, 1.82) is 0 Å². The summed E-state index contributed by atoms with van der Waals surface area (Å²) in [4.78, 5) is 0. The Hall–Kier alpha value is -2.63. The van der Waals surface area contributed by atoms with E-state index in [-0.39, 0.29) is 5.69 Å². The molecule has 0 fully saturated rings. The van der Waals surface area contributed by atoms with Crippen LogP contribution in [0.1, 0.15) is 12.5 Å². The molecule has 0 saturated heterocycles. The summed E-state index contributed by atoms with van der Waals surface area (Å²) in [5.74, 6) is -0.161. The van der Waals surface area contributed by atoms with Gasteiger partial charge in [0.15, 0.2) is 17.3 Å². The summed E-state index contributed by atoms with van der Waals surface area (Å²) in [6.45, 7) is 1.76. The summed E-state index contributed by atoms with van der Waals surface area (Å²) in [5.41, 5.74) is 4.08. The number of hydrogen-bond donors (Lipinski definition) is 1. The standard InChI is InChI=1S/C16H16F2N2O2/c1-10(11-4-7-15(21-2)16(8-11)22-3)19-20-14-6-5-12(17)9-13(14)18/h4-9,20H,1-3H3/b19-10+. The third-order valence-electron chi connectivity index (χ3n) is 3.08. The molecule has 2 aromatic rings. The zero-order valence-electron chi connectivity index (χ0n) is 12.5. The zero-order chi connectivity index (χ0) is 16.1. The van der Waals surface area contributed by atoms with Gasteiger partial charge in [0.25, 0.3) is 0 Å². The maximum Gasteiger partial charge on any atom is 0.161 e. The van der Waals surface area contributed by atoms with Gasteiger partial charge in [-0.1, -0.05) is 0 Å². The van der Waals surface area contributed by atoms with E-state index < -0.39 is 11.6 Å². The average Bonchev–Trinajstić information content (AvgIpc) is 2.53. The van der Waals surface area contributed by atoms with E-state index in [4.69, 9.17) is 9.47 Å². The van der Waals surface area contributed by atoms with Crippen molar-refractivity contribution in [2.45, 2.75) is 6.92 Å². The SMILES string of the molecule is COc1ccc(/C(C)=N/Nc2ccc(F)cc2F)cc1OC. The fourth-order valence-electron chi connectivity index (χ4n) is 1.85. The van der Waals surface area contributed by atoms with Crippen LogP contribution in [0.4, 0.5) is 14.5 Å². The molecule has 0 spiro atoms. The minimum absolute atomic E-state index is 0.0984. The van der Waals surface area contributed by atoms with Gasteiger partial charge < -0.3 is 9.47 Å². The third-order valence-corrected chi connectivity index (χ3v) is 3.08. The van der Waals surface area contributed by atoms with Crippen molar-refractivity contribution < 1.29 is 18.3 Å². The monoisotopic (exact) mass is 306 g/mol. The normalized spacial score (nSPS) is 11.2. The van der Waals surface area contributed by atoms with E-state index in [9.17, 15) is 8.78 Å². The highest BCUT2D eigenvalue weighted by Crippen LogP contribution is 2.27. The van der Waals surface area contributed by atoms with E-state index in [1.165, 1.54) is 6.07 Å². The first-order valence-corrected chi connectivity index (χ1v) is 6.53. The Bertz CT molecular complexity index is 703. The number of hydrogen-bond acceptors (Lipinski definition) is 4. The van der Waals surface area contributed by atoms with Gasteiger partial charge in [0.2, 0.25) is 0 Å². The first-order chi connectivity index (χ1) is 10.5. The van der Waals surface area contributed by atoms with E-state index >= 15 is 0 Å². The van der Waals surface area contributed by atoms with E-state index in [0.717, 1.165) is 17.7 Å². The number of rotatable bonds is 5. The Morgan fingerprint density at radius 1 is 1.00 bits per heavy atom. The van der Waals surface area contributed by atoms with Gasteiger partial charge >= 0.3 is 0 Å². The summed E-state index contributed by atoms with van der Waals surface area (Å²) in [6.07, 6.45) is 0. The highest BCUT2D eigenvalue weighted by atomic mass is 19.1. The Balaban J connectivity index is 2.21. The van der Waals surface area contributed by atoms with Crippen molar-refractivity contribution in [2.75, 3.05) is 19.6 Å². The highest BCUT2D eigenvalue weighted by Gasteiger charge is 2.07. The van der Waals surface area contributed by atoms with Crippen LogP contribution in [-0.2, 0) is 0 Å². The van der Waals surface area contributed by atoms with Crippen molar-refractivity contribution in [3.63, 3.8) is 0 Å². The molecule has 2 rings (SSSR count). The largest absolute Gasteiger partial charge is 0.493 e. The fraction of sp³-hybridized carbons (Fsp3) is 0.188. The zero-order valence-corrected chi connectivity index (χ0v) is 12.5. The van der Waals surface area contributed by atoms with Crippen LogP contribution in [0.25, 0.3) is 0 Å². The first kappa shape index (κ1) is 15.8. The molecule has 4 nitrogen and oxygen atoms in total. The van der Waals surface area contributed by atoms with E-state index in [0.29, 0.717) is 17.2 Å². The molecule has 0 bridgehead atoms. The second-order valence-corrected chi connectivity index (χ2v) is 4.50. The molecule has 0 saturated carbocycles. The summed E-state index contributed by atoms with van der Waals surface area (Å²) in [5, 5.41) is 4.09. The Morgan fingerprint density at radius 3 is 2.36 bits per heavy atom. The van der Waals surface area contributed by atoms with E-state index in [2.05, 4.69) is 10.5 Å². The van der Waals surface area contributed by atoms with Crippen molar-refractivity contribution in [1.82, 2.24) is 0 Å². The molecule has 0 amide bonds. The lowest BCUT2D eigenvalue weighted by Gasteiger charge is -2.10. The van der Waals surface area contributed by atoms with Crippen LogP contribution >= 0.6 is 0 Å². The predicted molar refractivity (Wildman–Crippen MR) is 81.7 cm³/mol. The molecule has 0 aromatic heterocycles. The van der Waals surface area contributed by atoms with Gasteiger partial charge in [0.1, 0.15) is 5.82 Å². The first-order valence-electron chi connectivity index (χ1n) is 6.53. The van der Waals surface area contributed by atoms with E-state index in [1.807, 2.05) is 6.07 Å². The molecule has 22 heavy (non-hydrogen) atoms. The fourth-order valence-corrected chi connectivity index (χ4v) is 1.85. The molecule has 0 atom stereocenters. The summed E-state index contributed by atoms with van der Waals surface area (Å²) in [6, 6.07) is 8.57. The molecule has 116 valence electrons. The molecule has 0 aliphatic heterocycles. The number of nitrogens with zero attached hydrogens (tertiary/aromatic N) is 1. The number of nitrogens with one attached hydrogen (secondary N) is 1. The number of halogens is 2. The molecular weight excluding hydrogens is 290 g/mol. The van der Waals surface area contributed by atoms with Crippen LogP contribution in [0.3, 0.4) is 0 Å². The van der Waals surface area contributed by atoms with Gasteiger partial charge in [-0.15, -0.1) is 0 Å². The van der Waals surface area contributed by atoms with Crippen LogP contribution < -0.4 is 14.9 Å². The molecule has 1 N–H and O–H groups in total. The molecular formula is C16H16F2N2O2. The lowest BCUT2D eigenvalue weighted by Crippen LogP contribution is -2.02. The van der Waals surface area contributed by atoms with Crippen molar-refractivity contribution in [2.24, 2.45) is 5.10 Å². The number of anilines is 1. The van der Waals surface area contributed by atoms with Gasteiger partial charge in [0.05, 0.1) is 25.6 Å². The number of benzene rings is 2. The van der Waals surface area contributed by atoms with Gasteiger partial charge in [-0.05, 0) is 37.3 Å². The maximum atomic E-state index is 13.5. The Morgan fingerprint density at radius 2 is 1.73 bits per heavy atom. The number of methoxy groups -OCH3 is 2. The number of ether oxygens (including phenoxy) is 2. The summed E-state index contributed by atoms with van der Waals surface area (Å²) >= 11 is 0. The minimum Gasteiger partial charge on any atom is -0.493 e. The lowest BCUT2D eigenvalue weighted by atomic mass is 10.1. The quantitative estimate of drug-likeness (QED) is 0.674. The second-order valence-electron chi connectivity index (χ2n) is 4.50. The Kier molecular flexibility index (Phi) is 4.93. The molecule has 0 unspecified atom stereocenters. The van der Waals surface area contributed by atoms with Crippen LogP contribution in [0.5, 0.6) is 11.5 Å². The smallest absolute Gasteiger partial charge is 0.161 e. The van der Waals surface area contributed by atoms with Crippen molar-refractivity contribution in [3.8, 4) is 11.5 Å². The predicted octanol–water partition coefficient (Wildman–Crippen LogP) is 3.82. The van der Waals surface area contributed by atoms with Crippen LogP contribution in [0.15, 0.2) is 41.5 Å². The lowest BCUT2D eigenvalue weighted by molar-refractivity contribution is 0.355. The van der Waals surface area contributed by atoms with Gasteiger partial charge in [-0.3, -0.25) is 5.43 Å².